The van der Waals surface area contributed by atoms with Gasteiger partial charge < -0.3 is 20.5 Å². The molecular weight excluding hydrogens is 446 g/mol. The van der Waals surface area contributed by atoms with Gasteiger partial charge in [0.2, 0.25) is 0 Å². The van der Waals surface area contributed by atoms with E-state index in [0.717, 1.165) is 12.1 Å². The number of benzene rings is 2. The third kappa shape index (κ3) is 5.00. The number of hydrogen-bond donors (Lipinski definition) is 3. The summed E-state index contributed by atoms with van der Waals surface area (Å²) in [5.41, 5.74) is 0.360. The number of nitrogens with one attached hydrogen (secondary N) is 2. The van der Waals surface area contributed by atoms with E-state index in [9.17, 15) is 14.0 Å². The second kappa shape index (κ2) is 8.73. The Kier molecular flexibility index (Phi) is 6.32. The standard InChI is InChI=1S/C19H12Cl3FN2O4/c20-12-6-11(18(26)25-10-2-3-15(19(27)28)24-8-10)17(7-13(12)21)29-16-4-1-9(23)5-14(16)22/h1-8,15,24H,(H,25,26)(H,27,28). The highest BCUT2D eigenvalue weighted by Gasteiger charge is 2.20. The van der Waals surface area contributed by atoms with Crippen molar-refractivity contribution in [3.8, 4) is 11.5 Å². The van der Waals surface area contributed by atoms with Gasteiger partial charge >= 0.3 is 5.97 Å². The topological polar surface area (TPSA) is 87.7 Å². The molecule has 1 atom stereocenters. The first kappa shape index (κ1) is 21.0. The molecule has 1 amide bonds. The number of hydrogen-bond acceptors (Lipinski definition) is 4. The number of carboxylic acids is 1. The van der Waals surface area contributed by atoms with Gasteiger partial charge in [-0.05, 0) is 36.4 Å². The number of aliphatic carboxylic acids is 1. The lowest BCUT2D eigenvalue weighted by atomic mass is 10.1. The molecule has 1 aliphatic rings. The third-order valence-electron chi connectivity index (χ3n) is 3.79. The average Bonchev–Trinajstić information content (AvgIpc) is 2.67. The molecule has 2 aromatic carbocycles. The van der Waals surface area contributed by atoms with Crippen molar-refractivity contribution in [3.05, 3.63) is 80.8 Å². The summed E-state index contributed by atoms with van der Waals surface area (Å²) in [6.45, 7) is 0. The molecule has 0 bridgehead atoms. The molecule has 1 heterocycles. The molecule has 0 aromatic heterocycles. The molecule has 0 fully saturated rings. The Hall–Kier alpha value is -2.74. The summed E-state index contributed by atoms with van der Waals surface area (Å²) < 4.78 is 18.9. The van der Waals surface area contributed by atoms with Crippen molar-refractivity contribution in [1.82, 2.24) is 10.6 Å². The van der Waals surface area contributed by atoms with Crippen LogP contribution in [0.1, 0.15) is 10.4 Å². The van der Waals surface area contributed by atoms with E-state index < -0.39 is 23.7 Å². The number of allylic oxidation sites excluding steroid dienone is 1. The molecule has 3 N–H and O–H groups in total. The van der Waals surface area contributed by atoms with Crippen LogP contribution in [0.3, 0.4) is 0 Å². The van der Waals surface area contributed by atoms with Gasteiger partial charge in [-0.25, -0.2) is 9.18 Å². The van der Waals surface area contributed by atoms with E-state index in [1.165, 1.54) is 36.6 Å². The first-order valence-corrected chi connectivity index (χ1v) is 9.18. The van der Waals surface area contributed by atoms with E-state index >= 15 is 0 Å². The van der Waals surface area contributed by atoms with Gasteiger partial charge in [-0.15, -0.1) is 0 Å². The number of carbonyl (C=O) groups is 2. The van der Waals surface area contributed by atoms with Crippen LogP contribution in [0.15, 0.2) is 54.4 Å². The van der Waals surface area contributed by atoms with E-state index in [4.69, 9.17) is 44.6 Å². The van der Waals surface area contributed by atoms with E-state index in [0.29, 0.717) is 5.70 Å². The summed E-state index contributed by atoms with van der Waals surface area (Å²) in [5.74, 6) is -2.04. The van der Waals surface area contributed by atoms with Crippen LogP contribution in [0.5, 0.6) is 11.5 Å². The Labute approximate surface area is 179 Å². The minimum atomic E-state index is -1.06. The third-order valence-corrected chi connectivity index (χ3v) is 4.81. The highest BCUT2D eigenvalue weighted by molar-refractivity contribution is 6.42. The number of dihydropyridines is 1. The fraction of sp³-hybridized carbons (Fsp3) is 0.0526. The van der Waals surface area contributed by atoms with Gasteiger partial charge in [0.25, 0.3) is 5.91 Å². The van der Waals surface area contributed by atoms with Crippen LogP contribution in [0.2, 0.25) is 15.1 Å². The van der Waals surface area contributed by atoms with Crippen LogP contribution < -0.4 is 15.4 Å². The summed E-state index contributed by atoms with van der Waals surface area (Å²) in [4.78, 5) is 23.7. The maximum Gasteiger partial charge on any atom is 0.330 e. The van der Waals surface area contributed by atoms with Crippen molar-refractivity contribution in [3.63, 3.8) is 0 Å². The zero-order chi connectivity index (χ0) is 21.1. The number of amides is 1. The Morgan fingerprint density at radius 3 is 2.41 bits per heavy atom. The molecule has 150 valence electrons. The van der Waals surface area contributed by atoms with Crippen molar-refractivity contribution < 1.29 is 23.8 Å². The van der Waals surface area contributed by atoms with E-state index in [1.807, 2.05) is 0 Å². The Morgan fingerprint density at radius 1 is 1.07 bits per heavy atom. The lowest BCUT2D eigenvalue weighted by Crippen LogP contribution is -2.35. The molecular formula is C19H12Cl3FN2O4. The van der Waals surface area contributed by atoms with Gasteiger partial charge in [0.05, 0.1) is 26.3 Å². The molecule has 0 radical (unpaired) electrons. The van der Waals surface area contributed by atoms with Crippen LogP contribution in [-0.4, -0.2) is 23.0 Å². The van der Waals surface area contributed by atoms with E-state index in [-0.39, 0.29) is 32.1 Å². The quantitative estimate of drug-likeness (QED) is 0.602. The fourth-order valence-corrected chi connectivity index (χ4v) is 2.90. The number of carboxylic acid groups (broad SMARTS) is 1. The smallest absolute Gasteiger partial charge is 0.330 e. The van der Waals surface area contributed by atoms with Crippen LogP contribution >= 0.6 is 34.8 Å². The molecule has 1 unspecified atom stereocenters. The maximum absolute atomic E-state index is 13.3. The molecule has 0 spiro atoms. The zero-order valence-corrected chi connectivity index (χ0v) is 16.6. The monoisotopic (exact) mass is 456 g/mol. The van der Waals surface area contributed by atoms with E-state index in [2.05, 4.69) is 10.6 Å². The van der Waals surface area contributed by atoms with Gasteiger partial charge in [-0.1, -0.05) is 34.8 Å². The summed E-state index contributed by atoms with van der Waals surface area (Å²) >= 11 is 18.0. The average molecular weight is 458 g/mol. The minimum Gasteiger partial charge on any atom is -0.479 e. The molecule has 0 aliphatic carbocycles. The second-order valence-corrected chi connectivity index (χ2v) is 7.06. The molecule has 0 saturated carbocycles. The first-order chi connectivity index (χ1) is 13.7. The molecule has 0 saturated heterocycles. The highest BCUT2D eigenvalue weighted by atomic mass is 35.5. The summed E-state index contributed by atoms with van der Waals surface area (Å²) in [5, 5.41) is 14.4. The van der Waals surface area contributed by atoms with Crippen molar-refractivity contribution in [2.75, 3.05) is 0 Å². The predicted octanol–water partition coefficient (Wildman–Crippen LogP) is 4.76. The minimum absolute atomic E-state index is 0.00395. The first-order valence-electron chi connectivity index (χ1n) is 8.05. The summed E-state index contributed by atoms with van der Waals surface area (Å²) in [6, 6.07) is 5.29. The van der Waals surface area contributed by atoms with Gasteiger partial charge in [-0.2, -0.15) is 0 Å². The maximum atomic E-state index is 13.3. The van der Waals surface area contributed by atoms with Crippen molar-refractivity contribution in [2.45, 2.75) is 6.04 Å². The number of halogens is 4. The normalized spacial score (nSPS) is 15.3. The Balaban J connectivity index is 1.86. The number of rotatable bonds is 5. The SMILES string of the molecule is O=C(NC1=CNC(C(=O)O)C=C1)c1cc(Cl)c(Cl)cc1Oc1ccc(F)cc1Cl. The molecule has 6 nitrogen and oxygen atoms in total. The van der Waals surface area contributed by atoms with Crippen LogP contribution in [0.25, 0.3) is 0 Å². The van der Waals surface area contributed by atoms with Crippen molar-refractivity contribution in [2.24, 2.45) is 0 Å². The Bertz CT molecular complexity index is 1060. The van der Waals surface area contributed by atoms with Crippen LogP contribution in [0.4, 0.5) is 4.39 Å². The van der Waals surface area contributed by atoms with Crippen LogP contribution in [-0.2, 0) is 4.79 Å². The molecule has 1 aliphatic heterocycles. The zero-order valence-electron chi connectivity index (χ0n) is 14.4. The van der Waals surface area contributed by atoms with E-state index in [1.54, 1.807) is 0 Å². The molecule has 29 heavy (non-hydrogen) atoms. The summed E-state index contributed by atoms with van der Waals surface area (Å²) in [6.07, 6.45) is 4.18. The lowest BCUT2D eigenvalue weighted by molar-refractivity contribution is -0.137. The van der Waals surface area contributed by atoms with Crippen LogP contribution in [0, 0.1) is 5.82 Å². The van der Waals surface area contributed by atoms with Gasteiger partial charge in [0.1, 0.15) is 23.4 Å². The fourth-order valence-electron chi connectivity index (χ4n) is 2.38. The number of carbonyl (C=O) groups excluding carboxylic acids is 1. The van der Waals surface area contributed by atoms with Crippen molar-refractivity contribution >= 4 is 46.7 Å². The second-order valence-electron chi connectivity index (χ2n) is 5.83. The largest absolute Gasteiger partial charge is 0.479 e. The lowest BCUT2D eigenvalue weighted by Gasteiger charge is -2.17. The van der Waals surface area contributed by atoms with Gasteiger partial charge in [-0.3, -0.25) is 4.79 Å². The summed E-state index contributed by atoms with van der Waals surface area (Å²) in [7, 11) is 0. The molecule has 2 aromatic rings. The molecule has 3 rings (SSSR count). The highest BCUT2D eigenvalue weighted by Crippen LogP contribution is 2.36. The Morgan fingerprint density at radius 2 is 1.79 bits per heavy atom. The molecule has 10 heteroatoms. The van der Waals surface area contributed by atoms with Gasteiger partial charge in [0, 0.05) is 12.3 Å². The van der Waals surface area contributed by atoms with Crippen molar-refractivity contribution in [1.29, 1.82) is 0 Å². The van der Waals surface area contributed by atoms with Gasteiger partial charge in [0.15, 0.2) is 0 Å². The predicted molar refractivity (Wildman–Crippen MR) is 107 cm³/mol. The number of ether oxygens (including phenoxy) is 1.